The summed E-state index contributed by atoms with van der Waals surface area (Å²) in [6.45, 7) is 2.08. The lowest BCUT2D eigenvalue weighted by molar-refractivity contribution is -0.139. The van der Waals surface area contributed by atoms with Crippen LogP contribution in [0.2, 0.25) is 0 Å². The number of thiophene rings is 1. The molecule has 28 heavy (non-hydrogen) atoms. The third kappa shape index (κ3) is 6.02. The van der Waals surface area contributed by atoms with E-state index in [9.17, 15) is 22.4 Å². The summed E-state index contributed by atoms with van der Waals surface area (Å²) in [5, 5.41) is 1.90. The van der Waals surface area contributed by atoms with E-state index in [2.05, 4.69) is 4.90 Å². The fourth-order valence-electron chi connectivity index (χ4n) is 3.05. The van der Waals surface area contributed by atoms with Crippen molar-refractivity contribution in [2.24, 2.45) is 0 Å². The summed E-state index contributed by atoms with van der Waals surface area (Å²) in [4.78, 5) is 17.7. The minimum absolute atomic E-state index is 0.0274. The number of halogens is 4. The first-order chi connectivity index (χ1) is 13.3. The topological polar surface area (TPSA) is 35.6 Å². The maximum absolute atomic E-state index is 13.9. The van der Waals surface area contributed by atoms with Gasteiger partial charge in [0.05, 0.1) is 6.54 Å². The van der Waals surface area contributed by atoms with Crippen molar-refractivity contribution in [2.75, 3.05) is 39.3 Å². The average Bonchev–Trinajstić information content (AvgIpc) is 3.10. The van der Waals surface area contributed by atoms with Gasteiger partial charge in [-0.15, -0.1) is 11.3 Å². The Labute approximate surface area is 164 Å². The van der Waals surface area contributed by atoms with Crippen LogP contribution in [-0.2, 0) is 11.3 Å². The highest BCUT2D eigenvalue weighted by Crippen LogP contribution is 2.30. The molecule has 1 fully saturated rings. The predicted molar refractivity (Wildman–Crippen MR) is 100 cm³/mol. The van der Waals surface area contributed by atoms with Crippen LogP contribution in [0.15, 0.2) is 36.4 Å². The molecule has 0 saturated carbocycles. The van der Waals surface area contributed by atoms with Crippen molar-refractivity contribution in [3.05, 3.63) is 47.1 Å². The van der Waals surface area contributed by atoms with Gasteiger partial charge < -0.3 is 5.32 Å². The van der Waals surface area contributed by atoms with Crippen LogP contribution >= 0.6 is 11.3 Å². The minimum atomic E-state index is -4.39. The lowest BCUT2D eigenvalue weighted by Crippen LogP contribution is -2.49. The van der Waals surface area contributed by atoms with Crippen LogP contribution in [0.1, 0.15) is 4.88 Å². The second kappa shape index (κ2) is 9.02. The number of nitrogens with one attached hydrogen (secondary N) is 1. The molecule has 0 spiro atoms. The van der Waals surface area contributed by atoms with Crippen molar-refractivity contribution < 1.29 is 22.4 Å². The predicted octanol–water partition coefficient (Wildman–Crippen LogP) is 3.35. The Balaban J connectivity index is 1.45. The largest absolute Gasteiger partial charge is 0.405 e. The van der Waals surface area contributed by atoms with E-state index in [0.717, 1.165) is 29.4 Å². The Bertz CT molecular complexity index is 800. The second-order valence-corrected chi connectivity index (χ2v) is 7.86. The molecule has 0 radical (unpaired) electrons. The first kappa shape index (κ1) is 20.8. The summed E-state index contributed by atoms with van der Waals surface area (Å²) >= 11 is 1.55. The number of hydrogen-bond acceptors (Lipinski definition) is 4. The van der Waals surface area contributed by atoms with Gasteiger partial charge in [0.25, 0.3) is 0 Å². The van der Waals surface area contributed by atoms with Crippen LogP contribution in [0.3, 0.4) is 0 Å². The molecule has 152 valence electrons. The van der Waals surface area contributed by atoms with Crippen molar-refractivity contribution in [3.63, 3.8) is 0 Å². The van der Waals surface area contributed by atoms with Crippen LogP contribution < -0.4 is 5.32 Å². The van der Waals surface area contributed by atoms with E-state index in [1.165, 1.54) is 6.07 Å². The molecule has 1 aromatic carbocycles. The molecule has 9 heteroatoms. The molecule has 0 aliphatic carbocycles. The second-order valence-electron chi connectivity index (χ2n) is 6.69. The molecule has 1 aromatic heterocycles. The summed E-state index contributed by atoms with van der Waals surface area (Å²) in [5.74, 6) is -0.855. The van der Waals surface area contributed by atoms with Crippen molar-refractivity contribution in [1.82, 2.24) is 15.1 Å². The first-order valence-corrected chi connectivity index (χ1v) is 9.73. The molecule has 3 rings (SSSR count). The van der Waals surface area contributed by atoms with Gasteiger partial charge in [-0.05, 0) is 18.2 Å². The highest BCUT2D eigenvalue weighted by Gasteiger charge is 2.28. The van der Waals surface area contributed by atoms with Gasteiger partial charge in [0.15, 0.2) is 0 Å². The van der Waals surface area contributed by atoms with Gasteiger partial charge in [-0.25, -0.2) is 4.39 Å². The maximum atomic E-state index is 13.9. The van der Waals surface area contributed by atoms with E-state index >= 15 is 0 Å². The van der Waals surface area contributed by atoms with Gasteiger partial charge >= 0.3 is 6.18 Å². The zero-order chi connectivity index (χ0) is 20.1. The SMILES string of the molecule is O=C(CN1CCN(Cc2ccc(-c3ccccc3F)s2)CC1)NCC(F)(F)F. The standard InChI is InChI=1S/C19H21F4N3OS/c20-16-4-2-1-3-15(16)17-6-5-14(28-17)11-25-7-9-26(10-8-25)12-18(27)24-13-19(21,22)23/h1-6H,7-13H2,(H,24,27). The Morgan fingerprint density at radius 1 is 1.04 bits per heavy atom. The molecule has 0 atom stereocenters. The number of hydrogen-bond donors (Lipinski definition) is 1. The average molecular weight is 415 g/mol. The Hall–Kier alpha value is -1.97. The van der Waals surface area contributed by atoms with Gasteiger partial charge in [-0.2, -0.15) is 13.2 Å². The number of amides is 1. The van der Waals surface area contributed by atoms with Crippen LogP contribution in [0.5, 0.6) is 0 Å². The molecule has 1 aliphatic heterocycles. The number of alkyl halides is 3. The highest BCUT2D eigenvalue weighted by molar-refractivity contribution is 7.15. The third-order valence-corrected chi connectivity index (χ3v) is 5.60. The number of nitrogens with zero attached hydrogens (tertiary/aromatic N) is 2. The summed E-state index contributed by atoms with van der Waals surface area (Å²) < 4.78 is 50.3. The fraction of sp³-hybridized carbons (Fsp3) is 0.421. The quantitative estimate of drug-likeness (QED) is 0.735. The van der Waals surface area contributed by atoms with E-state index < -0.39 is 18.6 Å². The smallest absolute Gasteiger partial charge is 0.346 e. The maximum Gasteiger partial charge on any atom is 0.405 e. The molecule has 2 aromatic rings. The minimum Gasteiger partial charge on any atom is -0.346 e. The summed E-state index contributed by atoms with van der Waals surface area (Å²) in [6, 6.07) is 10.6. The summed E-state index contributed by atoms with van der Waals surface area (Å²) in [5.41, 5.74) is 0.591. The van der Waals surface area contributed by atoms with Crippen molar-refractivity contribution in [2.45, 2.75) is 12.7 Å². The molecule has 0 unspecified atom stereocenters. The third-order valence-electron chi connectivity index (χ3n) is 4.50. The molecule has 0 bridgehead atoms. The van der Waals surface area contributed by atoms with Crippen LogP contribution in [0.25, 0.3) is 10.4 Å². The van der Waals surface area contributed by atoms with Crippen LogP contribution in [0.4, 0.5) is 17.6 Å². The molecule has 1 N–H and O–H groups in total. The number of carbonyl (C=O) groups excluding carboxylic acids is 1. The number of benzene rings is 1. The van der Waals surface area contributed by atoms with Gasteiger partial charge in [-0.1, -0.05) is 18.2 Å². The molecular weight excluding hydrogens is 394 g/mol. The Morgan fingerprint density at radius 2 is 1.71 bits per heavy atom. The lowest BCUT2D eigenvalue weighted by atomic mass is 10.2. The number of rotatable bonds is 6. The monoisotopic (exact) mass is 415 g/mol. The van der Waals surface area contributed by atoms with Crippen LogP contribution in [-0.4, -0.2) is 61.2 Å². The molecule has 1 aliphatic rings. The van der Waals surface area contributed by atoms with Crippen molar-refractivity contribution >= 4 is 17.2 Å². The normalized spacial score (nSPS) is 16.3. The van der Waals surface area contributed by atoms with E-state index in [1.54, 1.807) is 23.5 Å². The first-order valence-electron chi connectivity index (χ1n) is 8.92. The zero-order valence-corrected chi connectivity index (χ0v) is 16.0. The molecule has 1 saturated heterocycles. The molecule has 2 heterocycles. The zero-order valence-electron chi connectivity index (χ0n) is 15.1. The van der Waals surface area contributed by atoms with Gasteiger partial charge in [0.2, 0.25) is 5.91 Å². The van der Waals surface area contributed by atoms with Crippen molar-refractivity contribution in [3.8, 4) is 10.4 Å². The summed E-state index contributed by atoms with van der Waals surface area (Å²) in [6.07, 6.45) is -4.39. The summed E-state index contributed by atoms with van der Waals surface area (Å²) in [7, 11) is 0. The van der Waals surface area contributed by atoms with E-state index in [1.807, 2.05) is 28.4 Å². The highest BCUT2D eigenvalue weighted by atomic mass is 32.1. The van der Waals surface area contributed by atoms with Gasteiger partial charge in [-0.3, -0.25) is 14.6 Å². The van der Waals surface area contributed by atoms with E-state index in [4.69, 9.17) is 0 Å². The lowest BCUT2D eigenvalue weighted by Gasteiger charge is -2.34. The van der Waals surface area contributed by atoms with Crippen molar-refractivity contribution in [1.29, 1.82) is 0 Å². The number of piperazine rings is 1. The van der Waals surface area contributed by atoms with Gasteiger partial charge in [0, 0.05) is 48.0 Å². The molecule has 1 amide bonds. The van der Waals surface area contributed by atoms with Gasteiger partial charge in [0.1, 0.15) is 12.4 Å². The van der Waals surface area contributed by atoms with E-state index in [0.29, 0.717) is 18.7 Å². The van der Waals surface area contributed by atoms with Crippen LogP contribution in [0, 0.1) is 5.82 Å². The van der Waals surface area contributed by atoms with E-state index in [-0.39, 0.29) is 12.4 Å². The Kier molecular flexibility index (Phi) is 6.69. The Morgan fingerprint density at radius 3 is 2.39 bits per heavy atom. The fourth-order valence-corrected chi connectivity index (χ4v) is 4.13. The molecular formula is C19H21F4N3OS. The number of carbonyl (C=O) groups is 1. The molecule has 4 nitrogen and oxygen atoms in total.